The van der Waals surface area contributed by atoms with E-state index < -0.39 is 0 Å². The van der Waals surface area contributed by atoms with Gasteiger partial charge in [0, 0.05) is 12.1 Å². The predicted molar refractivity (Wildman–Crippen MR) is 72.1 cm³/mol. The van der Waals surface area contributed by atoms with E-state index in [1.807, 2.05) is 19.1 Å². The lowest BCUT2D eigenvalue weighted by molar-refractivity contribution is -0.122. The number of hydrogen-bond acceptors (Lipinski definition) is 3. The van der Waals surface area contributed by atoms with Crippen LogP contribution in [-0.2, 0) is 4.79 Å². The van der Waals surface area contributed by atoms with Crippen LogP contribution in [0.25, 0.3) is 0 Å². The van der Waals surface area contributed by atoms with Gasteiger partial charge in [-0.15, -0.1) is 0 Å². The Morgan fingerprint density at radius 2 is 2.22 bits per heavy atom. The molecule has 0 radical (unpaired) electrons. The number of nitrogens with zero attached hydrogens (tertiary/aromatic N) is 1. The first kappa shape index (κ1) is 13.0. The highest BCUT2D eigenvalue weighted by atomic mass is 16.1. The van der Waals surface area contributed by atoms with Crippen molar-refractivity contribution in [1.29, 1.82) is 0 Å². The molecule has 4 heteroatoms. The monoisotopic (exact) mass is 247 g/mol. The second-order valence-electron chi connectivity index (χ2n) is 5.10. The lowest BCUT2D eigenvalue weighted by Gasteiger charge is -2.29. The Hall–Kier alpha value is -1.42. The van der Waals surface area contributed by atoms with E-state index in [4.69, 9.17) is 5.73 Å². The summed E-state index contributed by atoms with van der Waals surface area (Å²) in [4.78, 5) is 16.4. The molecule has 1 aromatic rings. The Morgan fingerprint density at radius 1 is 1.44 bits per heavy atom. The number of carbonyl (C=O) groups excluding carboxylic acids is 1. The zero-order valence-corrected chi connectivity index (χ0v) is 10.9. The van der Waals surface area contributed by atoms with Crippen LogP contribution < -0.4 is 11.1 Å². The van der Waals surface area contributed by atoms with Crippen molar-refractivity contribution in [1.82, 2.24) is 4.98 Å². The molecule has 1 aromatic heterocycles. The molecule has 4 nitrogen and oxygen atoms in total. The molecule has 3 N–H and O–H groups in total. The molecule has 1 amide bonds. The van der Waals surface area contributed by atoms with E-state index in [2.05, 4.69) is 10.3 Å². The summed E-state index contributed by atoms with van der Waals surface area (Å²) in [6.45, 7) is 2.57. The molecule has 18 heavy (non-hydrogen) atoms. The van der Waals surface area contributed by atoms with Crippen LogP contribution in [0.3, 0.4) is 0 Å². The highest BCUT2D eigenvalue weighted by Gasteiger charge is 2.29. The van der Waals surface area contributed by atoms with Crippen molar-refractivity contribution >= 4 is 11.7 Å². The Bertz CT molecular complexity index is 402. The first-order chi connectivity index (χ1) is 8.70. The first-order valence-electron chi connectivity index (χ1n) is 6.64. The van der Waals surface area contributed by atoms with Gasteiger partial charge in [0.1, 0.15) is 5.82 Å². The molecule has 0 aromatic carbocycles. The second kappa shape index (κ2) is 5.96. The molecule has 1 aliphatic rings. The van der Waals surface area contributed by atoms with E-state index in [0.717, 1.165) is 24.8 Å². The summed E-state index contributed by atoms with van der Waals surface area (Å²) in [5.41, 5.74) is 6.84. The van der Waals surface area contributed by atoms with Crippen LogP contribution in [0.4, 0.5) is 5.82 Å². The number of anilines is 1. The van der Waals surface area contributed by atoms with Gasteiger partial charge < -0.3 is 11.1 Å². The Labute approximate surface area is 108 Å². The number of pyridine rings is 1. The third-order valence-electron chi connectivity index (χ3n) is 3.71. The first-order valence-corrected chi connectivity index (χ1v) is 6.64. The fourth-order valence-corrected chi connectivity index (χ4v) is 2.60. The number of nitrogens with two attached hydrogens (primary N) is 1. The molecule has 0 aliphatic heterocycles. The molecule has 98 valence electrons. The quantitative estimate of drug-likeness (QED) is 0.859. The fraction of sp³-hybridized carbons (Fsp3) is 0.571. The van der Waals surface area contributed by atoms with Gasteiger partial charge in [0.25, 0.3) is 0 Å². The summed E-state index contributed by atoms with van der Waals surface area (Å²) < 4.78 is 0. The van der Waals surface area contributed by atoms with E-state index in [1.165, 1.54) is 6.42 Å². The van der Waals surface area contributed by atoms with Crippen molar-refractivity contribution < 1.29 is 4.79 Å². The second-order valence-corrected chi connectivity index (χ2v) is 5.10. The topological polar surface area (TPSA) is 68.0 Å². The van der Waals surface area contributed by atoms with E-state index >= 15 is 0 Å². The van der Waals surface area contributed by atoms with Crippen molar-refractivity contribution in [3.63, 3.8) is 0 Å². The van der Waals surface area contributed by atoms with Gasteiger partial charge in [-0.25, -0.2) is 4.98 Å². The number of aromatic nitrogens is 1. The molecular formula is C14H21N3O. The molecule has 2 unspecified atom stereocenters. The van der Waals surface area contributed by atoms with Gasteiger partial charge in [-0.05, 0) is 43.9 Å². The number of carbonyl (C=O) groups is 1. The summed E-state index contributed by atoms with van der Waals surface area (Å²) >= 11 is 0. The molecular weight excluding hydrogens is 226 g/mol. The molecule has 1 saturated carbocycles. The minimum Gasteiger partial charge on any atom is -0.330 e. The molecule has 1 fully saturated rings. The third kappa shape index (κ3) is 3.07. The van der Waals surface area contributed by atoms with E-state index in [-0.39, 0.29) is 11.8 Å². The average molecular weight is 247 g/mol. The lowest BCUT2D eigenvalue weighted by atomic mass is 9.79. The van der Waals surface area contributed by atoms with Gasteiger partial charge in [-0.1, -0.05) is 18.9 Å². The fourth-order valence-electron chi connectivity index (χ4n) is 2.60. The Balaban J connectivity index is 2.00. The Morgan fingerprint density at radius 3 is 2.89 bits per heavy atom. The van der Waals surface area contributed by atoms with Crippen LogP contribution >= 0.6 is 0 Å². The minimum atomic E-state index is 0.0480. The summed E-state index contributed by atoms with van der Waals surface area (Å²) in [7, 11) is 0. The van der Waals surface area contributed by atoms with Crippen LogP contribution in [0.5, 0.6) is 0 Å². The van der Waals surface area contributed by atoms with Crippen LogP contribution in [0.15, 0.2) is 18.3 Å². The van der Waals surface area contributed by atoms with Crippen LogP contribution in [0, 0.1) is 18.8 Å². The molecule has 0 saturated heterocycles. The highest BCUT2D eigenvalue weighted by molar-refractivity contribution is 5.91. The van der Waals surface area contributed by atoms with Gasteiger partial charge in [-0.3, -0.25) is 4.79 Å². The molecule has 0 bridgehead atoms. The van der Waals surface area contributed by atoms with Gasteiger partial charge in [0.2, 0.25) is 5.91 Å². The third-order valence-corrected chi connectivity index (χ3v) is 3.71. The molecule has 1 aliphatic carbocycles. The van der Waals surface area contributed by atoms with Crippen LogP contribution in [0.1, 0.15) is 31.2 Å². The van der Waals surface area contributed by atoms with Crippen LogP contribution in [0.2, 0.25) is 0 Å². The maximum Gasteiger partial charge on any atom is 0.228 e. The maximum atomic E-state index is 12.2. The number of nitrogens with one attached hydrogen (secondary N) is 1. The van der Waals surface area contributed by atoms with E-state index in [0.29, 0.717) is 18.3 Å². The van der Waals surface area contributed by atoms with Crippen molar-refractivity contribution in [3.8, 4) is 0 Å². The zero-order valence-electron chi connectivity index (χ0n) is 10.9. The molecule has 2 atom stereocenters. The normalized spacial score (nSPS) is 23.7. The number of rotatable bonds is 3. The van der Waals surface area contributed by atoms with Gasteiger partial charge in [0.15, 0.2) is 0 Å². The largest absolute Gasteiger partial charge is 0.330 e. The number of hydrogen-bond donors (Lipinski definition) is 2. The zero-order chi connectivity index (χ0) is 13.0. The Kier molecular flexibility index (Phi) is 4.31. The average Bonchev–Trinajstić information content (AvgIpc) is 2.41. The van der Waals surface area contributed by atoms with E-state index in [1.54, 1.807) is 6.20 Å². The lowest BCUT2D eigenvalue weighted by Crippen LogP contribution is -2.35. The number of aryl methyl sites for hydroxylation is 1. The van der Waals surface area contributed by atoms with Gasteiger partial charge in [0.05, 0.1) is 0 Å². The SMILES string of the molecule is Cc1ccc(NC(=O)C2CCCCC2CN)nc1. The summed E-state index contributed by atoms with van der Waals surface area (Å²) in [6, 6.07) is 3.79. The standard InChI is InChI=1S/C14H21N3O/c1-10-6-7-13(16-9-10)17-14(18)12-5-3-2-4-11(12)8-15/h6-7,9,11-12H,2-5,8,15H2,1H3,(H,16,17,18). The number of amides is 1. The smallest absolute Gasteiger partial charge is 0.228 e. The highest BCUT2D eigenvalue weighted by Crippen LogP contribution is 2.30. The van der Waals surface area contributed by atoms with Gasteiger partial charge >= 0.3 is 0 Å². The van der Waals surface area contributed by atoms with Crippen molar-refractivity contribution in [2.75, 3.05) is 11.9 Å². The van der Waals surface area contributed by atoms with Crippen molar-refractivity contribution in [2.24, 2.45) is 17.6 Å². The van der Waals surface area contributed by atoms with Crippen molar-refractivity contribution in [3.05, 3.63) is 23.9 Å². The molecule has 0 spiro atoms. The summed E-state index contributed by atoms with van der Waals surface area (Å²) in [5, 5.41) is 2.90. The maximum absolute atomic E-state index is 12.2. The molecule has 2 rings (SSSR count). The van der Waals surface area contributed by atoms with Crippen molar-refractivity contribution in [2.45, 2.75) is 32.6 Å². The summed E-state index contributed by atoms with van der Waals surface area (Å²) in [6.07, 6.45) is 6.08. The van der Waals surface area contributed by atoms with Gasteiger partial charge in [-0.2, -0.15) is 0 Å². The predicted octanol–water partition coefficient (Wildman–Crippen LogP) is 2.09. The molecule has 1 heterocycles. The summed E-state index contributed by atoms with van der Waals surface area (Å²) in [5.74, 6) is 1.07. The van der Waals surface area contributed by atoms with E-state index in [9.17, 15) is 4.79 Å². The van der Waals surface area contributed by atoms with Crippen LogP contribution in [-0.4, -0.2) is 17.4 Å². The minimum absolute atomic E-state index is 0.0480.